The van der Waals surface area contributed by atoms with E-state index in [1.165, 1.54) is 51.4 Å². The van der Waals surface area contributed by atoms with E-state index in [2.05, 4.69) is 13.8 Å². The Morgan fingerprint density at radius 1 is 0.917 bits per heavy atom. The molecule has 0 spiro atoms. The SMILES string of the molecule is COC1CC[C@H]2[C@@H]3CCC4CC(C(C)=O)CC[C@]4(C)[C@@H]3CC[C@]12C. The van der Waals surface area contributed by atoms with E-state index in [9.17, 15) is 4.79 Å². The first kappa shape index (κ1) is 17.1. The van der Waals surface area contributed by atoms with Crippen LogP contribution in [-0.4, -0.2) is 19.0 Å². The first-order valence-electron chi connectivity index (χ1n) is 10.4. The van der Waals surface area contributed by atoms with Crippen LogP contribution in [-0.2, 0) is 9.53 Å². The van der Waals surface area contributed by atoms with Gasteiger partial charge in [-0.25, -0.2) is 0 Å². The van der Waals surface area contributed by atoms with Gasteiger partial charge in [0.15, 0.2) is 0 Å². The lowest BCUT2D eigenvalue weighted by atomic mass is 9.44. The normalized spacial score (nSPS) is 53.8. The Hall–Kier alpha value is -0.370. The molecule has 0 bridgehead atoms. The molecule has 0 aromatic heterocycles. The van der Waals surface area contributed by atoms with Crippen molar-refractivity contribution < 1.29 is 9.53 Å². The molecule has 0 saturated heterocycles. The quantitative estimate of drug-likeness (QED) is 0.690. The summed E-state index contributed by atoms with van der Waals surface area (Å²) in [6.45, 7) is 6.93. The van der Waals surface area contributed by atoms with Crippen LogP contribution in [0, 0.1) is 40.4 Å². The number of hydrogen-bond acceptors (Lipinski definition) is 2. The standard InChI is InChI=1S/C22H36O2/c1-14(23)15-9-11-21(2)16(13-15)5-6-17-18-7-8-20(24-4)22(18,3)12-10-19(17)21/h15-20H,5-13H2,1-4H3/t15?,16?,17-,18-,19+,20?,21-,22-/m0/s1. The van der Waals surface area contributed by atoms with E-state index < -0.39 is 0 Å². The van der Waals surface area contributed by atoms with Gasteiger partial charge in [0.25, 0.3) is 0 Å². The fraction of sp³-hybridized carbons (Fsp3) is 0.955. The summed E-state index contributed by atoms with van der Waals surface area (Å²) < 4.78 is 5.90. The lowest BCUT2D eigenvalue weighted by Gasteiger charge is -2.61. The maximum atomic E-state index is 11.9. The third-order valence-electron chi connectivity index (χ3n) is 9.44. The molecular formula is C22H36O2. The molecule has 0 aromatic carbocycles. The summed E-state index contributed by atoms with van der Waals surface area (Å²) in [6, 6.07) is 0. The molecule has 4 fully saturated rings. The molecule has 3 unspecified atom stereocenters. The maximum Gasteiger partial charge on any atom is 0.132 e. The van der Waals surface area contributed by atoms with Gasteiger partial charge in [-0.05, 0) is 99.2 Å². The zero-order valence-electron chi connectivity index (χ0n) is 16.1. The molecule has 4 aliphatic carbocycles. The lowest BCUT2D eigenvalue weighted by Crippen LogP contribution is -2.54. The summed E-state index contributed by atoms with van der Waals surface area (Å²) in [5, 5.41) is 0. The molecule has 0 radical (unpaired) electrons. The van der Waals surface area contributed by atoms with E-state index in [1.807, 2.05) is 14.0 Å². The molecule has 0 N–H and O–H groups in total. The van der Waals surface area contributed by atoms with Crippen LogP contribution in [0.1, 0.15) is 78.6 Å². The molecule has 2 nitrogen and oxygen atoms in total. The average Bonchev–Trinajstić information content (AvgIpc) is 2.90. The zero-order chi connectivity index (χ0) is 17.1. The molecule has 2 heteroatoms. The number of ether oxygens (including phenoxy) is 1. The van der Waals surface area contributed by atoms with Crippen LogP contribution in [0.5, 0.6) is 0 Å². The highest BCUT2D eigenvalue weighted by Gasteiger charge is 2.60. The highest BCUT2D eigenvalue weighted by molar-refractivity contribution is 5.78. The predicted molar refractivity (Wildman–Crippen MR) is 96.7 cm³/mol. The molecular weight excluding hydrogens is 296 g/mol. The molecule has 0 aromatic rings. The first-order valence-corrected chi connectivity index (χ1v) is 10.4. The lowest BCUT2D eigenvalue weighted by molar-refractivity contribution is -0.140. The van der Waals surface area contributed by atoms with Crippen LogP contribution in [0.15, 0.2) is 0 Å². The summed E-state index contributed by atoms with van der Waals surface area (Å²) in [5.74, 6) is 4.29. The van der Waals surface area contributed by atoms with Crippen LogP contribution in [0.3, 0.4) is 0 Å². The summed E-state index contributed by atoms with van der Waals surface area (Å²) >= 11 is 0. The minimum atomic E-state index is 0.359. The highest BCUT2D eigenvalue weighted by Crippen LogP contribution is 2.66. The second-order valence-electron chi connectivity index (χ2n) is 10.1. The van der Waals surface area contributed by atoms with Crippen molar-refractivity contribution in [2.24, 2.45) is 40.4 Å². The van der Waals surface area contributed by atoms with Crippen molar-refractivity contribution in [1.29, 1.82) is 0 Å². The Balaban J connectivity index is 1.57. The van der Waals surface area contributed by atoms with Crippen molar-refractivity contribution in [3.8, 4) is 0 Å². The van der Waals surface area contributed by atoms with Crippen LogP contribution < -0.4 is 0 Å². The van der Waals surface area contributed by atoms with Gasteiger partial charge in [-0.3, -0.25) is 4.79 Å². The van der Waals surface area contributed by atoms with Crippen LogP contribution in [0.25, 0.3) is 0 Å². The molecule has 0 aliphatic heterocycles. The molecule has 4 rings (SSSR count). The van der Waals surface area contributed by atoms with Gasteiger partial charge >= 0.3 is 0 Å². The number of carbonyl (C=O) groups excluding carboxylic acids is 1. The Bertz CT molecular complexity index is 514. The average molecular weight is 333 g/mol. The number of rotatable bonds is 2. The zero-order valence-corrected chi connectivity index (χ0v) is 16.1. The van der Waals surface area contributed by atoms with Gasteiger partial charge in [-0.2, -0.15) is 0 Å². The minimum absolute atomic E-state index is 0.359. The van der Waals surface area contributed by atoms with Crippen molar-refractivity contribution in [2.45, 2.75) is 84.7 Å². The Kier molecular flexibility index (Phi) is 4.14. The highest BCUT2D eigenvalue weighted by atomic mass is 16.5. The van der Waals surface area contributed by atoms with Crippen molar-refractivity contribution in [2.75, 3.05) is 7.11 Å². The van der Waals surface area contributed by atoms with E-state index in [4.69, 9.17) is 4.74 Å². The number of fused-ring (bicyclic) bond motifs is 5. The topological polar surface area (TPSA) is 26.3 Å². The van der Waals surface area contributed by atoms with Crippen molar-refractivity contribution in [1.82, 2.24) is 0 Å². The van der Waals surface area contributed by atoms with Gasteiger partial charge in [0.05, 0.1) is 6.10 Å². The number of hydrogen-bond donors (Lipinski definition) is 0. The van der Waals surface area contributed by atoms with Crippen molar-refractivity contribution >= 4 is 5.78 Å². The van der Waals surface area contributed by atoms with E-state index >= 15 is 0 Å². The predicted octanol–water partition coefficient (Wildman–Crippen LogP) is 5.25. The Labute approximate surface area is 148 Å². The van der Waals surface area contributed by atoms with Gasteiger partial charge in [-0.15, -0.1) is 0 Å². The molecule has 4 saturated carbocycles. The smallest absolute Gasteiger partial charge is 0.132 e. The molecule has 136 valence electrons. The van der Waals surface area contributed by atoms with E-state index in [0.29, 0.717) is 28.6 Å². The van der Waals surface area contributed by atoms with Crippen LogP contribution in [0.4, 0.5) is 0 Å². The van der Waals surface area contributed by atoms with Crippen molar-refractivity contribution in [3.63, 3.8) is 0 Å². The monoisotopic (exact) mass is 332 g/mol. The van der Waals surface area contributed by atoms with Crippen molar-refractivity contribution in [3.05, 3.63) is 0 Å². The molecule has 0 amide bonds. The fourth-order valence-corrected chi connectivity index (χ4v) is 7.97. The van der Waals surface area contributed by atoms with Gasteiger partial charge in [0.1, 0.15) is 5.78 Å². The van der Waals surface area contributed by atoms with E-state index in [0.717, 1.165) is 30.1 Å². The largest absolute Gasteiger partial charge is 0.381 e. The Morgan fingerprint density at radius 3 is 2.33 bits per heavy atom. The summed E-state index contributed by atoms with van der Waals surface area (Å²) in [4.78, 5) is 11.9. The van der Waals surface area contributed by atoms with Gasteiger partial charge < -0.3 is 4.74 Å². The van der Waals surface area contributed by atoms with Gasteiger partial charge in [-0.1, -0.05) is 13.8 Å². The molecule has 24 heavy (non-hydrogen) atoms. The van der Waals surface area contributed by atoms with E-state index in [-0.39, 0.29) is 0 Å². The molecule has 0 heterocycles. The number of carbonyl (C=O) groups is 1. The third kappa shape index (κ3) is 2.27. The number of Topliss-reactive ketones (excluding diaryl/α,β-unsaturated/α-hetero) is 1. The Morgan fingerprint density at radius 2 is 1.62 bits per heavy atom. The minimum Gasteiger partial charge on any atom is -0.381 e. The second kappa shape index (κ2) is 5.83. The number of ketones is 1. The summed E-state index contributed by atoms with van der Waals surface area (Å²) in [5.41, 5.74) is 0.928. The maximum absolute atomic E-state index is 11.9. The summed E-state index contributed by atoms with van der Waals surface area (Å²) in [7, 11) is 1.92. The number of methoxy groups -OCH3 is 1. The first-order chi connectivity index (χ1) is 11.4. The summed E-state index contributed by atoms with van der Waals surface area (Å²) in [6.07, 6.45) is 12.3. The third-order valence-corrected chi connectivity index (χ3v) is 9.44. The fourth-order valence-electron chi connectivity index (χ4n) is 7.97. The van der Waals surface area contributed by atoms with Crippen LogP contribution in [0.2, 0.25) is 0 Å². The molecule has 4 aliphatic rings. The van der Waals surface area contributed by atoms with Gasteiger partial charge in [0, 0.05) is 13.0 Å². The second-order valence-corrected chi connectivity index (χ2v) is 10.1. The van der Waals surface area contributed by atoms with E-state index in [1.54, 1.807) is 0 Å². The molecule has 8 atom stereocenters. The van der Waals surface area contributed by atoms with Crippen LogP contribution >= 0.6 is 0 Å². The van der Waals surface area contributed by atoms with Gasteiger partial charge in [0.2, 0.25) is 0 Å².